The lowest BCUT2D eigenvalue weighted by atomic mass is 10.1. The van der Waals surface area contributed by atoms with Gasteiger partial charge in [-0.2, -0.15) is 0 Å². The molecule has 1 saturated heterocycles. The summed E-state index contributed by atoms with van der Waals surface area (Å²) in [5.41, 5.74) is 1.54. The molecule has 0 radical (unpaired) electrons. The topological polar surface area (TPSA) is 15.3 Å². The maximum absolute atomic E-state index is 13.8. The van der Waals surface area contributed by atoms with E-state index in [0.29, 0.717) is 12.1 Å². The first-order valence-corrected chi connectivity index (χ1v) is 8.17. The van der Waals surface area contributed by atoms with Gasteiger partial charge in [0.05, 0.1) is 0 Å². The van der Waals surface area contributed by atoms with Crippen LogP contribution in [0.3, 0.4) is 0 Å². The lowest BCUT2D eigenvalue weighted by molar-refractivity contribution is 0.290. The summed E-state index contributed by atoms with van der Waals surface area (Å²) in [5, 5.41) is 3.40. The van der Waals surface area contributed by atoms with Crippen molar-refractivity contribution in [3.63, 3.8) is 0 Å². The first kappa shape index (κ1) is 16.1. The molecule has 1 aliphatic rings. The minimum Gasteiger partial charge on any atom is -0.305 e. The predicted molar refractivity (Wildman–Crippen MR) is 88.1 cm³/mol. The Morgan fingerprint density at radius 1 is 0.957 bits per heavy atom. The molecule has 1 aliphatic heterocycles. The van der Waals surface area contributed by atoms with Gasteiger partial charge < -0.3 is 10.2 Å². The van der Waals surface area contributed by atoms with Crippen molar-refractivity contribution in [2.75, 3.05) is 19.6 Å². The Morgan fingerprint density at radius 3 is 2.43 bits per heavy atom. The third kappa shape index (κ3) is 4.15. The molecule has 0 bridgehead atoms. The summed E-state index contributed by atoms with van der Waals surface area (Å²) >= 11 is 0. The number of nitrogens with zero attached hydrogens (tertiary/aromatic N) is 1. The monoisotopic (exact) mass is 316 g/mol. The highest BCUT2D eigenvalue weighted by Crippen LogP contribution is 2.19. The quantitative estimate of drug-likeness (QED) is 0.870. The summed E-state index contributed by atoms with van der Waals surface area (Å²) in [6.07, 6.45) is 2.47. The van der Waals surface area contributed by atoms with Crippen LogP contribution in [0.1, 0.15) is 30.0 Å². The number of nitrogens with one attached hydrogen (secondary N) is 1. The van der Waals surface area contributed by atoms with E-state index in [9.17, 15) is 8.78 Å². The fourth-order valence-electron chi connectivity index (χ4n) is 3.11. The van der Waals surface area contributed by atoms with Crippen molar-refractivity contribution >= 4 is 0 Å². The van der Waals surface area contributed by atoms with E-state index in [4.69, 9.17) is 0 Å². The Kier molecular flexibility index (Phi) is 5.36. The van der Waals surface area contributed by atoms with Crippen molar-refractivity contribution in [1.82, 2.24) is 10.2 Å². The van der Waals surface area contributed by atoms with E-state index in [1.54, 1.807) is 12.1 Å². The van der Waals surface area contributed by atoms with Gasteiger partial charge in [0.15, 0.2) is 11.6 Å². The van der Waals surface area contributed by atoms with Crippen molar-refractivity contribution in [3.05, 3.63) is 71.3 Å². The zero-order valence-electron chi connectivity index (χ0n) is 13.1. The molecule has 0 saturated carbocycles. The molecule has 0 aromatic heterocycles. The Morgan fingerprint density at radius 2 is 1.70 bits per heavy atom. The molecule has 0 amide bonds. The lowest BCUT2D eigenvalue weighted by Gasteiger charge is -2.25. The smallest absolute Gasteiger partial charge is 0.163 e. The summed E-state index contributed by atoms with van der Waals surface area (Å²) < 4.78 is 27.2. The first-order chi connectivity index (χ1) is 11.2. The van der Waals surface area contributed by atoms with Gasteiger partial charge in [-0.3, -0.25) is 0 Å². The zero-order valence-corrected chi connectivity index (χ0v) is 13.1. The number of hydrogen-bond donors (Lipinski definition) is 1. The summed E-state index contributed by atoms with van der Waals surface area (Å²) in [6, 6.07) is 14.6. The second-order valence-corrected chi connectivity index (χ2v) is 6.06. The average Bonchev–Trinajstić information content (AvgIpc) is 3.09. The molecule has 2 nitrogen and oxygen atoms in total. The van der Waals surface area contributed by atoms with E-state index in [-0.39, 0.29) is 6.04 Å². The van der Waals surface area contributed by atoms with Crippen LogP contribution in [0.5, 0.6) is 0 Å². The highest BCUT2D eigenvalue weighted by molar-refractivity contribution is 5.22. The van der Waals surface area contributed by atoms with Crippen molar-refractivity contribution in [2.24, 2.45) is 0 Å². The van der Waals surface area contributed by atoms with E-state index in [1.807, 2.05) is 18.2 Å². The van der Waals surface area contributed by atoms with Gasteiger partial charge in [-0.1, -0.05) is 42.5 Å². The van der Waals surface area contributed by atoms with Crippen LogP contribution in [-0.2, 0) is 6.54 Å². The average molecular weight is 316 g/mol. The van der Waals surface area contributed by atoms with Crippen LogP contribution in [0.15, 0.2) is 48.5 Å². The van der Waals surface area contributed by atoms with Crippen LogP contribution in [0.4, 0.5) is 8.78 Å². The minimum absolute atomic E-state index is 0.108. The van der Waals surface area contributed by atoms with Gasteiger partial charge in [0.25, 0.3) is 0 Å². The Hall–Kier alpha value is -1.78. The van der Waals surface area contributed by atoms with Crippen LogP contribution < -0.4 is 5.32 Å². The van der Waals surface area contributed by atoms with Crippen LogP contribution in [-0.4, -0.2) is 24.5 Å². The molecule has 0 aliphatic carbocycles. The third-order valence-electron chi connectivity index (χ3n) is 4.41. The Balaban J connectivity index is 1.71. The van der Waals surface area contributed by atoms with Gasteiger partial charge in [-0.05, 0) is 37.6 Å². The van der Waals surface area contributed by atoms with Gasteiger partial charge in [0.1, 0.15) is 0 Å². The second-order valence-electron chi connectivity index (χ2n) is 6.06. The molecule has 0 spiro atoms. The van der Waals surface area contributed by atoms with Crippen LogP contribution in [0, 0.1) is 11.6 Å². The number of benzene rings is 2. The molecule has 2 aromatic rings. The molecule has 1 atom stereocenters. The molecule has 2 aromatic carbocycles. The number of halogens is 2. The molecule has 23 heavy (non-hydrogen) atoms. The van der Waals surface area contributed by atoms with E-state index < -0.39 is 11.6 Å². The summed E-state index contributed by atoms with van der Waals surface area (Å²) in [4.78, 5) is 2.42. The standard InChI is InChI=1S/C19H22F2N2/c20-17-10-6-9-16(19(17)21)13-22-18(14-23-11-4-5-12-23)15-7-2-1-3-8-15/h1-3,6-10,18,22H,4-5,11-14H2/t18-/m0/s1. The summed E-state index contributed by atoms with van der Waals surface area (Å²) in [5.74, 6) is -1.55. The number of rotatable bonds is 6. The lowest BCUT2D eigenvalue weighted by Crippen LogP contribution is -2.33. The summed E-state index contributed by atoms with van der Waals surface area (Å²) in [7, 11) is 0. The molecule has 0 unspecified atom stereocenters. The fraction of sp³-hybridized carbons (Fsp3) is 0.368. The van der Waals surface area contributed by atoms with Crippen LogP contribution >= 0.6 is 0 Å². The normalized spacial score (nSPS) is 16.6. The molecular weight excluding hydrogens is 294 g/mol. The van der Waals surface area contributed by atoms with Crippen molar-refractivity contribution in [3.8, 4) is 0 Å². The molecule has 4 heteroatoms. The van der Waals surface area contributed by atoms with Crippen molar-refractivity contribution < 1.29 is 8.78 Å². The Labute approximate surface area is 136 Å². The maximum Gasteiger partial charge on any atom is 0.163 e. The SMILES string of the molecule is Fc1cccc(CN[C@@H](CN2CCCC2)c2ccccc2)c1F. The van der Waals surface area contributed by atoms with Crippen LogP contribution in [0.25, 0.3) is 0 Å². The van der Waals surface area contributed by atoms with Gasteiger partial charge in [-0.15, -0.1) is 0 Å². The molecule has 1 N–H and O–H groups in total. The second kappa shape index (κ2) is 7.66. The predicted octanol–water partition coefficient (Wildman–Crippen LogP) is 3.89. The summed E-state index contributed by atoms with van der Waals surface area (Å²) in [6.45, 7) is 3.43. The maximum atomic E-state index is 13.8. The Bertz CT molecular complexity index is 625. The van der Waals surface area contributed by atoms with Gasteiger partial charge in [0, 0.05) is 24.7 Å². The van der Waals surface area contributed by atoms with Crippen molar-refractivity contribution in [1.29, 1.82) is 0 Å². The van der Waals surface area contributed by atoms with Gasteiger partial charge in [-0.25, -0.2) is 8.78 Å². The van der Waals surface area contributed by atoms with Gasteiger partial charge >= 0.3 is 0 Å². The minimum atomic E-state index is -0.792. The molecule has 1 heterocycles. The third-order valence-corrected chi connectivity index (χ3v) is 4.41. The largest absolute Gasteiger partial charge is 0.305 e. The van der Waals surface area contributed by atoms with E-state index in [0.717, 1.165) is 25.7 Å². The molecule has 122 valence electrons. The zero-order chi connectivity index (χ0) is 16.1. The highest BCUT2D eigenvalue weighted by Gasteiger charge is 2.19. The molecular formula is C19H22F2N2. The van der Waals surface area contributed by atoms with Gasteiger partial charge in [0.2, 0.25) is 0 Å². The van der Waals surface area contributed by atoms with E-state index >= 15 is 0 Å². The van der Waals surface area contributed by atoms with Crippen LogP contribution in [0.2, 0.25) is 0 Å². The number of likely N-dealkylation sites (tertiary alicyclic amines) is 1. The number of hydrogen-bond acceptors (Lipinski definition) is 2. The molecule has 3 rings (SSSR count). The molecule has 1 fully saturated rings. The van der Waals surface area contributed by atoms with Crippen molar-refractivity contribution in [2.45, 2.75) is 25.4 Å². The highest BCUT2D eigenvalue weighted by atomic mass is 19.2. The fourth-order valence-corrected chi connectivity index (χ4v) is 3.11. The first-order valence-electron chi connectivity index (χ1n) is 8.17. The van der Waals surface area contributed by atoms with E-state index in [2.05, 4.69) is 22.3 Å². The van der Waals surface area contributed by atoms with E-state index in [1.165, 1.54) is 18.4 Å².